The Hall–Kier alpha value is -1.21. The topological polar surface area (TPSA) is 61.4 Å². The van der Waals surface area contributed by atoms with Crippen LogP contribution in [0.3, 0.4) is 0 Å². The predicted molar refractivity (Wildman–Crippen MR) is 81.3 cm³/mol. The molecule has 0 aliphatic carbocycles. The molecule has 0 bridgehead atoms. The molecule has 6 nitrogen and oxygen atoms in total. The summed E-state index contributed by atoms with van der Waals surface area (Å²) in [6.07, 6.45) is 2.14. The number of hydrogen-bond donors (Lipinski definition) is 1. The Kier molecular flexibility index (Phi) is 5.31. The quantitative estimate of drug-likeness (QED) is 0.890. The van der Waals surface area contributed by atoms with Crippen molar-refractivity contribution in [2.24, 2.45) is 5.92 Å². The minimum atomic E-state index is 0.0231. The molecule has 0 unspecified atom stereocenters. The molecule has 2 rings (SSSR count). The molecule has 0 radical (unpaired) electrons. The van der Waals surface area contributed by atoms with Gasteiger partial charge in [0, 0.05) is 26.2 Å². The molecule has 20 heavy (non-hydrogen) atoms. The van der Waals surface area contributed by atoms with E-state index < -0.39 is 0 Å². The summed E-state index contributed by atoms with van der Waals surface area (Å²) in [7, 11) is 4.20. The highest BCUT2D eigenvalue weighted by atomic mass is 32.1. The maximum atomic E-state index is 12.3. The van der Waals surface area contributed by atoms with Gasteiger partial charge in [0.1, 0.15) is 0 Å². The molecule has 1 N–H and O–H groups in total. The Morgan fingerprint density at radius 2 is 2.10 bits per heavy atom. The van der Waals surface area contributed by atoms with E-state index in [1.807, 2.05) is 11.8 Å². The molecule has 1 amide bonds. The van der Waals surface area contributed by atoms with Gasteiger partial charge in [-0.3, -0.25) is 4.79 Å². The number of rotatable bonds is 5. The maximum Gasteiger partial charge on any atom is 0.284 e. The zero-order valence-corrected chi connectivity index (χ0v) is 13.2. The lowest BCUT2D eigenvalue weighted by molar-refractivity contribution is 0.0677. The summed E-state index contributed by atoms with van der Waals surface area (Å²) < 4.78 is 0. The number of aromatic nitrogens is 2. The van der Waals surface area contributed by atoms with Crippen molar-refractivity contribution in [3.05, 3.63) is 5.01 Å². The van der Waals surface area contributed by atoms with Crippen molar-refractivity contribution in [1.29, 1.82) is 0 Å². The number of amides is 1. The van der Waals surface area contributed by atoms with E-state index >= 15 is 0 Å². The highest BCUT2D eigenvalue weighted by Crippen LogP contribution is 2.22. The molecule has 0 spiro atoms. The molecule has 1 aliphatic rings. The van der Waals surface area contributed by atoms with Crippen LogP contribution in [0, 0.1) is 5.92 Å². The summed E-state index contributed by atoms with van der Waals surface area (Å²) in [4.78, 5) is 16.5. The second-order valence-corrected chi connectivity index (χ2v) is 6.42. The van der Waals surface area contributed by atoms with Crippen LogP contribution >= 0.6 is 11.3 Å². The van der Waals surface area contributed by atoms with Gasteiger partial charge in [-0.25, -0.2) is 0 Å². The smallest absolute Gasteiger partial charge is 0.284 e. The number of carbonyl (C=O) groups excluding carboxylic acids is 1. The van der Waals surface area contributed by atoms with E-state index in [0.29, 0.717) is 10.9 Å². The highest BCUT2D eigenvalue weighted by Gasteiger charge is 2.26. The van der Waals surface area contributed by atoms with Gasteiger partial charge in [0.25, 0.3) is 5.91 Å². The van der Waals surface area contributed by atoms with Crippen LogP contribution in [-0.2, 0) is 0 Å². The molecule has 112 valence electrons. The molecule has 1 aromatic heterocycles. The van der Waals surface area contributed by atoms with Crippen LogP contribution in [0.25, 0.3) is 0 Å². The number of hydrogen-bond acceptors (Lipinski definition) is 6. The molecule has 2 heterocycles. The summed E-state index contributed by atoms with van der Waals surface area (Å²) in [5.74, 6) is 0.718. The molecule has 1 fully saturated rings. The number of carbonyl (C=O) groups is 1. The van der Waals surface area contributed by atoms with Gasteiger partial charge in [0.15, 0.2) is 0 Å². The average Bonchev–Trinajstić information content (AvgIpc) is 2.87. The van der Waals surface area contributed by atoms with Gasteiger partial charge in [-0.05, 0) is 39.8 Å². The number of nitrogens with one attached hydrogen (secondary N) is 1. The summed E-state index contributed by atoms with van der Waals surface area (Å²) in [6, 6.07) is 0. The Balaban J connectivity index is 1.87. The molecule has 1 saturated heterocycles. The first-order chi connectivity index (χ1) is 9.60. The van der Waals surface area contributed by atoms with Gasteiger partial charge in [-0.1, -0.05) is 11.3 Å². The van der Waals surface area contributed by atoms with Crippen molar-refractivity contribution >= 4 is 22.4 Å². The normalized spacial score (nSPS) is 16.7. The van der Waals surface area contributed by atoms with Gasteiger partial charge in [0.2, 0.25) is 10.1 Å². The molecule has 1 aliphatic heterocycles. The molecule has 0 atom stereocenters. The van der Waals surface area contributed by atoms with Crippen molar-refractivity contribution in [2.45, 2.75) is 19.8 Å². The number of nitrogens with zero attached hydrogens (tertiary/aromatic N) is 4. The maximum absolute atomic E-state index is 12.3. The van der Waals surface area contributed by atoms with E-state index in [4.69, 9.17) is 0 Å². The van der Waals surface area contributed by atoms with E-state index in [9.17, 15) is 4.79 Å². The fourth-order valence-electron chi connectivity index (χ4n) is 2.50. The lowest BCUT2D eigenvalue weighted by Crippen LogP contribution is -2.40. The van der Waals surface area contributed by atoms with Crippen LogP contribution in [-0.4, -0.2) is 66.2 Å². The lowest BCUT2D eigenvalue weighted by Gasteiger charge is -2.32. The van der Waals surface area contributed by atoms with E-state index in [1.165, 1.54) is 11.3 Å². The zero-order chi connectivity index (χ0) is 14.5. The minimum Gasteiger partial charge on any atom is -0.360 e. The molecular formula is C13H23N5OS. The summed E-state index contributed by atoms with van der Waals surface area (Å²) in [6.45, 7) is 5.55. The van der Waals surface area contributed by atoms with Crippen molar-refractivity contribution in [3.63, 3.8) is 0 Å². The van der Waals surface area contributed by atoms with Gasteiger partial charge in [0.05, 0.1) is 0 Å². The molecule has 0 aromatic carbocycles. The van der Waals surface area contributed by atoms with Gasteiger partial charge in [-0.15, -0.1) is 10.2 Å². The number of piperidine rings is 1. The van der Waals surface area contributed by atoms with Crippen molar-refractivity contribution in [3.8, 4) is 0 Å². The third kappa shape index (κ3) is 3.89. The molecule has 0 saturated carbocycles. The highest BCUT2D eigenvalue weighted by molar-refractivity contribution is 7.17. The van der Waals surface area contributed by atoms with E-state index in [0.717, 1.165) is 44.2 Å². The molecule has 7 heteroatoms. The molecular weight excluding hydrogens is 274 g/mol. The minimum absolute atomic E-state index is 0.0231. The predicted octanol–water partition coefficient (Wildman–Crippen LogP) is 1.38. The Bertz CT molecular complexity index is 440. The number of anilines is 1. The van der Waals surface area contributed by atoms with E-state index in [-0.39, 0.29) is 5.91 Å². The first-order valence-corrected chi connectivity index (χ1v) is 7.93. The third-order valence-electron chi connectivity index (χ3n) is 3.46. The SMILES string of the molecule is CCNc1nnc(C(=O)N2CCC(CN(C)C)CC2)s1. The van der Waals surface area contributed by atoms with Crippen molar-refractivity contribution in [1.82, 2.24) is 20.0 Å². The third-order valence-corrected chi connectivity index (χ3v) is 4.33. The second-order valence-electron chi connectivity index (χ2n) is 5.44. The second kappa shape index (κ2) is 6.99. The first kappa shape index (κ1) is 15.2. The standard InChI is InChI=1S/C13H23N5OS/c1-4-14-13-16-15-11(20-13)12(19)18-7-5-10(6-8-18)9-17(2)3/h10H,4-9H2,1-3H3,(H,14,16). The van der Waals surface area contributed by atoms with Crippen molar-refractivity contribution < 1.29 is 4.79 Å². The monoisotopic (exact) mass is 297 g/mol. The van der Waals surface area contributed by atoms with Crippen LogP contribution < -0.4 is 5.32 Å². The summed E-state index contributed by atoms with van der Waals surface area (Å²) in [5, 5.41) is 12.3. The van der Waals surface area contributed by atoms with E-state index in [1.54, 1.807) is 0 Å². The Morgan fingerprint density at radius 1 is 1.40 bits per heavy atom. The van der Waals surface area contributed by atoms with Gasteiger partial charge >= 0.3 is 0 Å². The van der Waals surface area contributed by atoms with E-state index in [2.05, 4.69) is 34.5 Å². The van der Waals surface area contributed by atoms with Crippen molar-refractivity contribution in [2.75, 3.05) is 45.6 Å². The largest absolute Gasteiger partial charge is 0.360 e. The summed E-state index contributed by atoms with van der Waals surface area (Å²) in [5.41, 5.74) is 0. The number of likely N-dealkylation sites (tertiary alicyclic amines) is 1. The Morgan fingerprint density at radius 3 is 2.70 bits per heavy atom. The van der Waals surface area contributed by atoms with Crippen LogP contribution in [0.15, 0.2) is 0 Å². The van der Waals surface area contributed by atoms with Crippen LogP contribution in [0.1, 0.15) is 29.6 Å². The lowest BCUT2D eigenvalue weighted by atomic mass is 9.96. The average molecular weight is 297 g/mol. The van der Waals surface area contributed by atoms with Gasteiger partial charge in [-0.2, -0.15) is 0 Å². The first-order valence-electron chi connectivity index (χ1n) is 7.11. The molecule has 1 aromatic rings. The van der Waals surface area contributed by atoms with Crippen LogP contribution in [0.2, 0.25) is 0 Å². The van der Waals surface area contributed by atoms with Crippen LogP contribution in [0.5, 0.6) is 0 Å². The van der Waals surface area contributed by atoms with Gasteiger partial charge < -0.3 is 15.1 Å². The fraction of sp³-hybridized carbons (Fsp3) is 0.769. The summed E-state index contributed by atoms with van der Waals surface area (Å²) >= 11 is 1.34. The zero-order valence-electron chi connectivity index (χ0n) is 12.4. The van der Waals surface area contributed by atoms with Crippen LogP contribution in [0.4, 0.5) is 5.13 Å². The fourth-order valence-corrected chi connectivity index (χ4v) is 3.28. The Labute approximate surface area is 124 Å².